The first-order chi connectivity index (χ1) is 6.07. The fraction of sp³-hybridized carbons (Fsp3) is 0.250. The Morgan fingerprint density at radius 1 is 1.38 bits per heavy atom. The van der Waals surface area contributed by atoms with E-state index in [9.17, 15) is 14.6 Å². The van der Waals surface area contributed by atoms with Gasteiger partial charge in [-0.2, -0.15) is 0 Å². The summed E-state index contributed by atoms with van der Waals surface area (Å²) in [5, 5.41) is 27.4. The quantitative estimate of drug-likeness (QED) is 0.499. The summed E-state index contributed by atoms with van der Waals surface area (Å²) in [6, 6.07) is 1.95. The van der Waals surface area contributed by atoms with Gasteiger partial charge in [-0.1, -0.05) is 0 Å². The zero-order valence-electron chi connectivity index (χ0n) is 6.74. The first-order valence-corrected chi connectivity index (χ1v) is 3.66. The summed E-state index contributed by atoms with van der Waals surface area (Å²) in [5.74, 6) is -1.95. The summed E-state index contributed by atoms with van der Waals surface area (Å²) in [5.41, 5.74) is 4.71. The third-order valence-electron chi connectivity index (χ3n) is 1.70. The van der Waals surface area contributed by atoms with Gasteiger partial charge in [0, 0.05) is 6.54 Å². The Morgan fingerprint density at radius 3 is 2.54 bits per heavy atom. The summed E-state index contributed by atoms with van der Waals surface area (Å²) in [7, 11) is 0. The molecule has 1 atom stereocenters. The smallest absolute Gasteiger partial charge is 0.166 e. The second-order valence-electron chi connectivity index (χ2n) is 2.58. The second-order valence-corrected chi connectivity index (χ2v) is 2.58. The maximum Gasteiger partial charge on any atom is 0.166 e. The minimum Gasteiger partial charge on any atom is -0.504 e. The number of benzene rings is 1. The van der Waals surface area contributed by atoms with Crippen LogP contribution in [0.4, 0.5) is 4.39 Å². The van der Waals surface area contributed by atoms with Crippen LogP contribution in [0.3, 0.4) is 0 Å². The van der Waals surface area contributed by atoms with E-state index in [0.29, 0.717) is 0 Å². The van der Waals surface area contributed by atoms with Crippen LogP contribution in [-0.4, -0.2) is 21.9 Å². The summed E-state index contributed by atoms with van der Waals surface area (Å²) >= 11 is 0. The highest BCUT2D eigenvalue weighted by Gasteiger charge is 2.18. The first kappa shape index (κ1) is 9.76. The third kappa shape index (κ3) is 1.71. The van der Waals surface area contributed by atoms with Gasteiger partial charge < -0.3 is 21.1 Å². The molecule has 5 N–H and O–H groups in total. The van der Waals surface area contributed by atoms with Crippen molar-refractivity contribution < 1.29 is 19.7 Å². The standard InChI is InChI=1S/C8H10FNO3/c9-4-1-2-5(11)8(13)7(4)6(12)3-10/h1-2,6,11-13H,3,10H2. The van der Waals surface area contributed by atoms with Crippen LogP contribution in [-0.2, 0) is 0 Å². The largest absolute Gasteiger partial charge is 0.504 e. The number of hydrogen-bond acceptors (Lipinski definition) is 4. The van der Waals surface area contributed by atoms with Crippen molar-refractivity contribution in [3.8, 4) is 11.5 Å². The number of nitrogens with two attached hydrogens (primary N) is 1. The number of halogens is 1. The normalized spacial score (nSPS) is 12.8. The van der Waals surface area contributed by atoms with Crippen LogP contribution in [0, 0.1) is 5.82 Å². The van der Waals surface area contributed by atoms with Gasteiger partial charge in [-0.25, -0.2) is 4.39 Å². The van der Waals surface area contributed by atoms with Crippen LogP contribution in [0.25, 0.3) is 0 Å². The maximum atomic E-state index is 13.0. The Kier molecular flexibility index (Phi) is 2.69. The van der Waals surface area contributed by atoms with E-state index in [1.807, 2.05) is 0 Å². The van der Waals surface area contributed by atoms with E-state index in [0.717, 1.165) is 12.1 Å². The summed E-state index contributed by atoms with van der Waals surface area (Å²) in [6.45, 7) is -0.228. The molecule has 0 aliphatic rings. The number of phenolic OH excluding ortho intramolecular Hbond substituents is 2. The van der Waals surface area contributed by atoms with Crippen molar-refractivity contribution in [3.05, 3.63) is 23.5 Å². The lowest BCUT2D eigenvalue weighted by Crippen LogP contribution is -2.13. The van der Waals surface area contributed by atoms with E-state index in [-0.39, 0.29) is 12.1 Å². The molecule has 0 heterocycles. The van der Waals surface area contributed by atoms with Gasteiger partial charge in [0.15, 0.2) is 11.5 Å². The van der Waals surface area contributed by atoms with Crippen molar-refractivity contribution in [2.75, 3.05) is 6.54 Å². The molecule has 0 aromatic heterocycles. The topological polar surface area (TPSA) is 86.7 Å². The van der Waals surface area contributed by atoms with Gasteiger partial charge >= 0.3 is 0 Å². The van der Waals surface area contributed by atoms with Gasteiger partial charge in [-0.05, 0) is 12.1 Å². The second kappa shape index (κ2) is 3.59. The molecule has 1 rings (SSSR count). The Labute approximate surface area is 74.0 Å². The lowest BCUT2D eigenvalue weighted by molar-refractivity contribution is 0.176. The zero-order chi connectivity index (χ0) is 10.0. The van der Waals surface area contributed by atoms with E-state index in [4.69, 9.17) is 10.8 Å². The molecule has 0 saturated carbocycles. The minimum absolute atomic E-state index is 0.228. The van der Waals surface area contributed by atoms with E-state index < -0.39 is 23.4 Å². The van der Waals surface area contributed by atoms with Crippen LogP contribution in [0.2, 0.25) is 0 Å². The van der Waals surface area contributed by atoms with Crippen molar-refractivity contribution >= 4 is 0 Å². The van der Waals surface area contributed by atoms with E-state index >= 15 is 0 Å². The lowest BCUT2D eigenvalue weighted by Gasteiger charge is -2.11. The zero-order valence-corrected chi connectivity index (χ0v) is 6.74. The lowest BCUT2D eigenvalue weighted by atomic mass is 10.1. The van der Waals surface area contributed by atoms with Crippen molar-refractivity contribution in [3.63, 3.8) is 0 Å². The van der Waals surface area contributed by atoms with Gasteiger partial charge in [-0.15, -0.1) is 0 Å². The predicted octanol–water partition coefficient (Wildman–Crippen LogP) is 0.229. The SMILES string of the molecule is NCC(O)c1c(F)ccc(O)c1O. The van der Waals surface area contributed by atoms with Crippen molar-refractivity contribution in [2.24, 2.45) is 5.73 Å². The average Bonchev–Trinajstić information content (AvgIpc) is 2.12. The van der Waals surface area contributed by atoms with Crippen molar-refractivity contribution in [2.45, 2.75) is 6.10 Å². The van der Waals surface area contributed by atoms with Crippen LogP contribution >= 0.6 is 0 Å². The summed E-state index contributed by atoms with van der Waals surface area (Å²) in [6.07, 6.45) is -1.31. The van der Waals surface area contributed by atoms with Crippen LogP contribution < -0.4 is 5.73 Å². The molecule has 0 aliphatic heterocycles. The highest BCUT2D eigenvalue weighted by Crippen LogP contribution is 2.34. The molecule has 0 aliphatic carbocycles. The first-order valence-electron chi connectivity index (χ1n) is 3.66. The minimum atomic E-state index is -1.31. The Hall–Kier alpha value is -1.33. The molecular weight excluding hydrogens is 177 g/mol. The average molecular weight is 187 g/mol. The van der Waals surface area contributed by atoms with Crippen molar-refractivity contribution in [1.82, 2.24) is 0 Å². The molecular formula is C8H10FNO3. The number of rotatable bonds is 2. The van der Waals surface area contributed by atoms with E-state index in [1.54, 1.807) is 0 Å². The molecule has 0 fully saturated rings. The highest BCUT2D eigenvalue weighted by atomic mass is 19.1. The third-order valence-corrected chi connectivity index (χ3v) is 1.70. The molecule has 1 aromatic carbocycles. The number of aliphatic hydroxyl groups is 1. The van der Waals surface area contributed by atoms with Gasteiger partial charge in [0.2, 0.25) is 0 Å². The number of aromatic hydroxyl groups is 2. The molecule has 72 valence electrons. The number of aliphatic hydroxyl groups excluding tert-OH is 1. The van der Waals surface area contributed by atoms with Gasteiger partial charge in [-0.3, -0.25) is 0 Å². The Balaban J connectivity index is 3.25. The maximum absolute atomic E-state index is 13.0. The summed E-state index contributed by atoms with van der Waals surface area (Å²) in [4.78, 5) is 0. The Bertz CT molecular complexity index is 317. The molecule has 1 aromatic rings. The van der Waals surface area contributed by atoms with E-state index in [1.165, 1.54) is 0 Å². The van der Waals surface area contributed by atoms with Gasteiger partial charge in [0.25, 0.3) is 0 Å². The molecule has 13 heavy (non-hydrogen) atoms. The molecule has 0 radical (unpaired) electrons. The van der Waals surface area contributed by atoms with Gasteiger partial charge in [0.1, 0.15) is 5.82 Å². The van der Waals surface area contributed by atoms with E-state index in [2.05, 4.69) is 0 Å². The fourth-order valence-electron chi connectivity index (χ4n) is 1.01. The Morgan fingerprint density at radius 2 is 2.00 bits per heavy atom. The van der Waals surface area contributed by atoms with Crippen LogP contribution in [0.15, 0.2) is 12.1 Å². The predicted molar refractivity (Wildman–Crippen MR) is 43.7 cm³/mol. The van der Waals surface area contributed by atoms with Crippen LogP contribution in [0.1, 0.15) is 11.7 Å². The molecule has 0 spiro atoms. The monoisotopic (exact) mass is 187 g/mol. The number of hydrogen-bond donors (Lipinski definition) is 4. The molecule has 4 nitrogen and oxygen atoms in total. The summed E-state index contributed by atoms with van der Waals surface area (Å²) < 4.78 is 13.0. The van der Waals surface area contributed by atoms with Crippen molar-refractivity contribution in [1.29, 1.82) is 0 Å². The molecule has 5 heteroatoms. The van der Waals surface area contributed by atoms with Crippen LogP contribution in [0.5, 0.6) is 11.5 Å². The molecule has 0 bridgehead atoms. The molecule has 0 amide bonds. The fourth-order valence-corrected chi connectivity index (χ4v) is 1.01. The molecule has 0 saturated heterocycles. The molecule has 1 unspecified atom stereocenters. The number of phenols is 2. The highest BCUT2D eigenvalue weighted by molar-refractivity contribution is 5.46. The van der Waals surface area contributed by atoms with Gasteiger partial charge in [0.05, 0.1) is 11.7 Å².